The van der Waals surface area contributed by atoms with Gasteiger partial charge in [0.05, 0.1) is 14.2 Å². The quantitative estimate of drug-likeness (QED) is 0.450. The second kappa shape index (κ2) is 10.5. The van der Waals surface area contributed by atoms with Gasteiger partial charge in [-0.3, -0.25) is 14.5 Å². The molecule has 5 N–H and O–H groups in total. The molecule has 0 bridgehead atoms. The van der Waals surface area contributed by atoms with Crippen molar-refractivity contribution < 1.29 is 19.1 Å². The summed E-state index contributed by atoms with van der Waals surface area (Å²) in [6.45, 7) is -0.119. The van der Waals surface area contributed by atoms with Gasteiger partial charge >= 0.3 is 0 Å². The first-order valence-electron chi connectivity index (χ1n) is 11.5. The Morgan fingerprint density at radius 2 is 1.63 bits per heavy atom. The minimum Gasteiger partial charge on any atom is -0.497 e. The molecule has 11 nitrogen and oxygen atoms in total. The van der Waals surface area contributed by atoms with Gasteiger partial charge in [0, 0.05) is 11.4 Å². The van der Waals surface area contributed by atoms with E-state index in [1.165, 1.54) is 5.01 Å². The molecule has 1 heterocycles. The lowest BCUT2D eigenvalue weighted by Gasteiger charge is -2.45. The zero-order valence-corrected chi connectivity index (χ0v) is 19.9. The summed E-state index contributed by atoms with van der Waals surface area (Å²) in [7, 11) is 3.17. The summed E-state index contributed by atoms with van der Waals surface area (Å²) in [4.78, 5) is 29.4. The van der Waals surface area contributed by atoms with E-state index in [0.717, 1.165) is 19.3 Å². The van der Waals surface area contributed by atoms with Gasteiger partial charge in [0.1, 0.15) is 23.6 Å². The number of benzene rings is 2. The number of hydrogen-bond donors (Lipinski definition) is 4. The smallest absolute Gasteiger partial charge is 0.250 e. The molecule has 2 aromatic rings. The molecule has 1 fully saturated rings. The van der Waals surface area contributed by atoms with Crippen LogP contribution in [0.15, 0.2) is 53.6 Å². The summed E-state index contributed by atoms with van der Waals surface area (Å²) in [6, 6.07) is 14.3. The molecule has 2 aliphatic rings. The second-order valence-corrected chi connectivity index (χ2v) is 8.48. The largest absolute Gasteiger partial charge is 0.497 e. The van der Waals surface area contributed by atoms with E-state index in [0.29, 0.717) is 35.7 Å². The topological polar surface area (TPSA) is 134 Å². The fraction of sp³-hybridized carbons (Fsp3) is 0.375. The highest BCUT2D eigenvalue weighted by atomic mass is 16.5. The van der Waals surface area contributed by atoms with Gasteiger partial charge < -0.3 is 20.5 Å². The number of hydrazone groups is 1. The summed E-state index contributed by atoms with van der Waals surface area (Å²) in [6.07, 6.45) is 3.70. The molecule has 0 spiro atoms. The van der Waals surface area contributed by atoms with E-state index in [2.05, 4.69) is 21.5 Å². The maximum Gasteiger partial charge on any atom is 0.250 e. The fourth-order valence-corrected chi connectivity index (χ4v) is 4.56. The Hall–Kier alpha value is -3.99. The molecule has 186 valence electrons. The van der Waals surface area contributed by atoms with E-state index in [4.69, 9.17) is 15.2 Å². The molecule has 0 aromatic heterocycles. The SMILES string of the molecule is COc1ccc(NC(=O)C2(N(C(=O)CN3NNN=C3N)c3ccc(OC)cc3)CCCCC2)cc1. The molecular weight excluding hydrogens is 450 g/mol. The van der Waals surface area contributed by atoms with Gasteiger partial charge in [0.2, 0.25) is 11.9 Å². The van der Waals surface area contributed by atoms with Gasteiger partial charge in [-0.25, -0.2) is 10.5 Å². The van der Waals surface area contributed by atoms with Crippen molar-refractivity contribution in [2.75, 3.05) is 31.0 Å². The minimum absolute atomic E-state index is 0.119. The number of nitrogens with two attached hydrogens (primary N) is 1. The highest BCUT2D eigenvalue weighted by Gasteiger charge is 2.48. The van der Waals surface area contributed by atoms with Crippen molar-refractivity contribution in [3.8, 4) is 11.5 Å². The van der Waals surface area contributed by atoms with Gasteiger partial charge in [-0.15, -0.1) is 10.6 Å². The van der Waals surface area contributed by atoms with Gasteiger partial charge in [-0.1, -0.05) is 19.3 Å². The van der Waals surface area contributed by atoms with E-state index >= 15 is 0 Å². The number of carbonyl (C=O) groups is 2. The average Bonchev–Trinajstić information content (AvgIpc) is 3.29. The van der Waals surface area contributed by atoms with Crippen molar-refractivity contribution in [2.45, 2.75) is 37.6 Å². The average molecular weight is 482 g/mol. The number of carbonyl (C=O) groups excluding carboxylic acids is 2. The molecule has 1 aliphatic carbocycles. The maximum atomic E-state index is 13.9. The molecule has 0 radical (unpaired) electrons. The van der Waals surface area contributed by atoms with Crippen LogP contribution in [0.5, 0.6) is 11.5 Å². The highest BCUT2D eigenvalue weighted by molar-refractivity contribution is 6.09. The second-order valence-electron chi connectivity index (χ2n) is 8.48. The molecule has 0 unspecified atom stereocenters. The molecule has 2 aromatic carbocycles. The lowest BCUT2D eigenvalue weighted by Crippen LogP contribution is -2.63. The number of anilines is 2. The van der Waals surface area contributed by atoms with E-state index in [1.807, 2.05) is 0 Å². The van der Waals surface area contributed by atoms with Crippen LogP contribution in [0.1, 0.15) is 32.1 Å². The van der Waals surface area contributed by atoms with Crippen molar-refractivity contribution in [2.24, 2.45) is 10.8 Å². The number of amides is 2. The van der Waals surface area contributed by atoms with Crippen LogP contribution in [0.25, 0.3) is 0 Å². The third-order valence-electron chi connectivity index (χ3n) is 6.38. The van der Waals surface area contributed by atoms with Crippen LogP contribution in [-0.4, -0.2) is 49.1 Å². The summed E-state index contributed by atoms with van der Waals surface area (Å²) < 4.78 is 10.5. The van der Waals surface area contributed by atoms with Gasteiger partial charge in [-0.05, 0) is 61.4 Å². The summed E-state index contributed by atoms with van der Waals surface area (Å²) >= 11 is 0. The zero-order chi connectivity index (χ0) is 24.8. The lowest BCUT2D eigenvalue weighted by atomic mass is 9.78. The van der Waals surface area contributed by atoms with Crippen LogP contribution in [0, 0.1) is 0 Å². The van der Waals surface area contributed by atoms with Crippen molar-refractivity contribution >= 4 is 29.1 Å². The van der Waals surface area contributed by atoms with Gasteiger partial charge in [0.25, 0.3) is 5.91 Å². The lowest BCUT2D eigenvalue weighted by molar-refractivity contribution is -0.128. The standard InChI is InChI=1S/C24H31N7O4/c1-34-19-10-6-17(7-11-19)26-22(33)24(14-4-3-5-15-24)31(18-8-12-20(35-2)13-9-18)21(32)16-30-23(25)27-28-29-30/h6-13,28-29H,3-5,14-16H2,1-2H3,(H2,25,27)(H,26,33). The molecule has 0 atom stereocenters. The van der Waals surface area contributed by atoms with Gasteiger partial charge in [-0.2, -0.15) is 0 Å². The van der Waals surface area contributed by atoms with Crippen LogP contribution >= 0.6 is 0 Å². The van der Waals surface area contributed by atoms with E-state index in [9.17, 15) is 9.59 Å². The molecule has 1 saturated carbocycles. The molecule has 0 saturated heterocycles. The van der Waals surface area contributed by atoms with Crippen molar-refractivity contribution in [3.63, 3.8) is 0 Å². The van der Waals surface area contributed by atoms with Crippen LogP contribution in [-0.2, 0) is 9.59 Å². The van der Waals surface area contributed by atoms with Crippen LogP contribution in [0.3, 0.4) is 0 Å². The Bertz CT molecular complexity index is 1070. The molecule has 2 amide bonds. The number of hydrogen-bond acceptors (Lipinski definition) is 9. The molecule has 35 heavy (non-hydrogen) atoms. The first kappa shape index (κ1) is 24.1. The van der Waals surface area contributed by atoms with E-state index in [1.54, 1.807) is 67.7 Å². The number of nitrogens with one attached hydrogen (secondary N) is 3. The molecule has 4 rings (SSSR count). The predicted octanol–water partition coefficient (Wildman–Crippen LogP) is 1.93. The summed E-state index contributed by atoms with van der Waals surface area (Å²) in [5, 5.41) is 8.27. The number of ether oxygens (including phenoxy) is 2. The van der Waals surface area contributed by atoms with Crippen molar-refractivity contribution in [1.82, 2.24) is 16.1 Å². The number of guanidine groups is 1. The first-order chi connectivity index (χ1) is 17.0. The molecule has 1 aliphatic heterocycles. The minimum atomic E-state index is -1.08. The molecule has 11 heteroatoms. The summed E-state index contributed by atoms with van der Waals surface area (Å²) in [5.41, 5.74) is 11.3. The maximum absolute atomic E-state index is 13.9. The normalized spacial score (nSPS) is 16.6. The van der Waals surface area contributed by atoms with E-state index < -0.39 is 5.54 Å². The Balaban J connectivity index is 1.70. The van der Waals surface area contributed by atoms with Crippen LogP contribution in [0.4, 0.5) is 11.4 Å². The zero-order valence-electron chi connectivity index (χ0n) is 19.9. The van der Waals surface area contributed by atoms with Crippen LogP contribution in [0.2, 0.25) is 0 Å². The third kappa shape index (κ3) is 5.09. The number of methoxy groups -OCH3 is 2. The number of hydrazine groups is 2. The van der Waals surface area contributed by atoms with Gasteiger partial charge in [0.15, 0.2) is 0 Å². The van der Waals surface area contributed by atoms with Crippen LogP contribution < -0.4 is 36.5 Å². The monoisotopic (exact) mass is 481 g/mol. The first-order valence-corrected chi connectivity index (χ1v) is 11.5. The number of nitrogens with zero attached hydrogens (tertiary/aromatic N) is 3. The van der Waals surface area contributed by atoms with Crippen molar-refractivity contribution in [3.05, 3.63) is 48.5 Å². The Morgan fingerprint density at radius 3 is 2.17 bits per heavy atom. The Kier molecular flexibility index (Phi) is 7.25. The molecular formula is C24H31N7O4. The van der Waals surface area contributed by atoms with E-state index in [-0.39, 0.29) is 24.3 Å². The van der Waals surface area contributed by atoms with Crippen molar-refractivity contribution in [1.29, 1.82) is 0 Å². The third-order valence-corrected chi connectivity index (χ3v) is 6.38. The summed E-state index contributed by atoms with van der Waals surface area (Å²) in [5.74, 6) is 0.949. The number of rotatable bonds is 8. The Labute approximate surface area is 204 Å². The highest BCUT2D eigenvalue weighted by Crippen LogP contribution is 2.39. The fourth-order valence-electron chi connectivity index (χ4n) is 4.56. The predicted molar refractivity (Wildman–Crippen MR) is 133 cm³/mol. The Morgan fingerprint density at radius 1 is 1.03 bits per heavy atom.